The fraction of sp³-hybridized carbons (Fsp3) is 0.286. The lowest BCUT2D eigenvalue weighted by molar-refractivity contribution is -0.135. The summed E-state index contributed by atoms with van der Waals surface area (Å²) in [5.74, 6) is -2.60. The normalized spacial score (nSPS) is 19.5. The van der Waals surface area contributed by atoms with Crippen molar-refractivity contribution in [3.8, 4) is 11.8 Å². The van der Waals surface area contributed by atoms with Crippen molar-refractivity contribution >= 4 is 5.97 Å². The maximum atomic E-state index is 12.0. The molecule has 0 fully saturated rings. The Hall–Kier alpha value is -2.74. The molecule has 0 aliphatic carbocycles. The predicted molar refractivity (Wildman–Crippen MR) is 72.5 cm³/mol. The van der Waals surface area contributed by atoms with E-state index in [0.717, 1.165) is 0 Å². The van der Waals surface area contributed by atoms with Crippen LogP contribution in [-0.2, 0) is 10.5 Å². The lowest BCUT2D eigenvalue weighted by Crippen LogP contribution is -2.30. The van der Waals surface area contributed by atoms with E-state index in [0.29, 0.717) is 5.69 Å². The summed E-state index contributed by atoms with van der Waals surface area (Å²) in [6, 6.07) is 2.94. The van der Waals surface area contributed by atoms with Gasteiger partial charge < -0.3 is 19.3 Å². The molecule has 8 heteroatoms. The molecule has 0 radical (unpaired) electrons. The molecule has 2 aromatic heterocycles. The SMILES string of the molecule is COc1cc(OC)nc(C2(O)OC(=O)c3c2ccnc3C)n1. The standard InChI is InChI=1S/C14H13N3O5/c1-7-11-8(4-5-15-7)14(19,22-12(11)18)13-16-9(20-2)6-10(17-13)21-3/h4-6,19H,1-3H3. The Morgan fingerprint density at radius 3 is 2.45 bits per heavy atom. The summed E-state index contributed by atoms with van der Waals surface area (Å²) < 4.78 is 15.2. The zero-order chi connectivity index (χ0) is 15.9. The van der Waals surface area contributed by atoms with E-state index in [1.807, 2.05) is 0 Å². The highest BCUT2D eigenvalue weighted by molar-refractivity contribution is 5.95. The molecule has 1 atom stereocenters. The summed E-state index contributed by atoms with van der Waals surface area (Å²) >= 11 is 0. The largest absolute Gasteiger partial charge is 0.481 e. The molecular formula is C14H13N3O5. The van der Waals surface area contributed by atoms with Crippen LogP contribution in [-0.4, -0.2) is 40.2 Å². The summed E-state index contributed by atoms with van der Waals surface area (Å²) in [6.45, 7) is 1.65. The van der Waals surface area contributed by atoms with Gasteiger partial charge in [0.05, 0.1) is 31.5 Å². The first-order valence-corrected chi connectivity index (χ1v) is 6.39. The van der Waals surface area contributed by atoms with E-state index in [9.17, 15) is 9.90 Å². The number of carbonyl (C=O) groups is 1. The highest BCUT2D eigenvalue weighted by atomic mass is 16.7. The fourth-order valence-electron chi connectivity index (χ4n) is 2.28. The summed E-state index contributed by atoms with van der Waals surface area (Å²) in [4.78, 5) is 24.2. The topological polar surface area (TPSA) is 104 Å². The van der Waals surface area contributed by atoms with Gasteiger partial charge in [0.2, 0.25) is 17.6 Å². The van der Waals surface area contributed by atoms with Crippen LogP contribution >= 0.6 is 0 Å². The van der Waals surface area contributed by atoms with Crippen molar-refractivity contribution in [1.82, 2.24) is 15.0 Å². The third-order valence-corrected chi connectivity index (χ3v) is 3.35. The van der Waals surface area contributed by atoms with Crippen LogP contribution in [0.2, 0.25) is 0 Å². The number of carbonyl (C=O) groups excluding carboxylic acids is 1. The lowest BCUT2D eigenvalue weighted by atomic mass is 10.0. The first-order valence-electron chi connectivity index (χ1n) is 6.39. The fourth-order valence-corrected chi connectivity index (χ4v) is 2.28. The van der Waals surface area contributed by atoms with Crippen LogP contribution in [0.5, 0.6) is 11.8 Å². The second-order valence-corrected chi connectivity index (χ2v) is 4.63. The number of pyridine rings is 1. The van der Waals surface area contributed by atoms with Gasteiger partial charge in [-0.15, -0.1) is 0 Å². The zero-order valence-electron chi connectivity index (χ0n) is 12.2. The summed E-state index contributed by atoms with van der Waals surface area (Å²) in [5, 5.41) is 10.8. The Kier molecular flexibility index (Phi) is 3.18. The van der Waals surface area contributed by atoms with Crippen molar-refractivity contribution in [3.63, 3.8) is 0 Å². The number of aromatic nitrogens is 3. The number of hydrogen-bond donors (Lipinski definition) is 1. The monoisotopic (exact) mass is 303 g/mol. The first-order chi connectivity index (χ1) is 10.5. The average molecular weight is 303 g/mol. The average Bonchev–Trinajstić information content (AvgIpc) is 2.80. The van der Waals surface area contributed by atoms with Crippen LogP contribution < -0.4 is 9.47 Å². The molecular weight excluding hydrogens is 290 g/mol. The van der Waals surface area contributed by atoms with Crippen molar-refractivity contribution in [3.05, 3.63) is 41.0 Å². The number of esters is 1. The molecule has 1 aliphatic heterocycles. The molecule has 0 bridgehead atoms. The number of nitrogens with zero attached hydrogens (tertiary/aromatic N) is 3. The molecule has 1 unspecified atom stereocenters. The van der Waals surface area contributed by atoms with Crippen LogP contribution in [0.3, 0.4) is 0 Å². The third-order valence-electron chi connectivity index (χ3n) is 3.35. The van der Waals surface area contributed by atoms with Gasteiger partial charge in [-0.1, -0.05) is 0 Å². The van der Waals surface area contributed by atoms with Crippen molar-refractivity contribution in [2.45, 2.75) is 12.7 Å². The Morgan fingerprint density at radius 1 is 1.23 bits per heavy atom. The minimum Gasteiger partial charge on any atom is -0.481 e. The van der Waals surface area contributed by atoms with E-state index < -0.39 is 11.8 Å². The van der Waals surface area contributed by atoms with Gasteiger partial charge in [-0.25, -0.2) is 4.79 Å². The highest BCUT2D eigenvalue weighted by Crippen LogP contribution is 2.39. The molecule has 0 saturated carbocycles. The molecule has 1 aliphatic rings. The molecule has 0 spiro atoms. The predicted octanol–water partition coefficient (Wildman–Crippen LogP) is 0.561. The molecule has 3 rings (SSSR count). The van der Waals surface area contributed by atoms with Crippen molar-refractivity contribution in [2.75, 3.05) is 14.2 Å². The minimum absolute atomic E-state index is 0.151. The van der Waals surface area contributed by atoms with Gasteiger partial charge in [0, 0.05) is 11.8 Å². The van der Waals surface area contributed by atoms with E-state index in [1.165, 1.54) is 32.5 Å². The Labute approximate surface area is 125 Å². The van der Waals surface area contributed by atoms with Gasteiger partial charge in [-0.3, -0.25) is 4.98 Å². The number of fused-ring (bicyclic) bond motifs is 1. The van der Waals surface area contributed by atoms with Crippen molar-refractivity contribution in [2.24, 2.45) is 0 Å². The number of hydrogen-bond acceptors (Lipinski definition) is 8. The van der Waals surface area contributed by atoms with Crippen LogP contribution in [0.15, 0.2) is 18.3 Å². The van der Waals surface area contributed by atoms with E-state index in [1.54, 1.807) is 6.92 Å². The Balaban J connectivity index is 2.21. The molecule has 0 saturated heterocycles. The molecule has 2 aromatic rings. The van der Waals surface area contributed by atoms with Gasteiger partial charge in [0.1, 0.15) is 0 Å². The summed E-state index contributed by atoms with van der Waals surface area (Å²) in [5.41, 5.74) is 0.893. The Morgan fingerprint density at radius 2 is 1.86 bits per heavy atom. The van der Waals surface area contributed by atoms with Gasteiger partial charge in [-0.05, 0) is 13.0 Å². The maximum absolute atomic E-state index is 12.0. The first kappa shape index (κ1) is 14.2. The van der Waals surface area contributed by atoms with E-state index in [4.69, 9.17) is 14.2 Å². The molecule has 114 valence electrons. The van der Waals surface area contributed by atoms with Crippen molar-refractivity contribution in [1.29, 1.82) is 0 Å². The number of aryl methyl sites for hydroxylation is 1. The molecule has 22 heavy (non-hydrogen) atoms. The summed E-state index contributed by atoms with van der Waals surface area (Å²) in [6.07, 6.45) is 1.47. The molecule has 3 heterocycles. The van der Waals surface area contributed by atoms with E-state index in [2.05, 4.69) is 15.0 Å². The summed E-state index contributed by atoms with van der Waals surface area (Å²) in [7, 11) is 2.83. The number of methoxy groups -OCH3 is 2. The number of ether oxygens (including phenoxy) is 3. The Bertz CT molecular complexity index is 742. The van der Waals surface area contributed by atoms with Crippen molar-refractivity contribution < 1.29 is 24.1 Å². The van der Waals surface area contributed by atoms with Gasteiger partial charge >= 0.3 is 11.8 Å². The van der Waals surface area contributed by atoms with E-state index >= 15 is 0 Å². The van der Waals surface area contributed by atoms with Crippen LogP contribution in [0.1, 0.15) is 27.4 Å². The second-order valence-electron chi connectivity index (χ2n) is 4.63. The smallest absolute Gasteiger partial charge is 0.343 e. The van der Waals surface area contributed by atoms with Gasteiger partial charge in [0.15, 0.2) is 0 Å². The lowest BCUT2D eigenvalue weighted by Gasteiger charge is -2.21. The van der Waals surface area contributed by atoms with Gasteiger partial charge in [-0.2, -0.15) is 9.97 Å². The number of rotatable bonds is 3. The highest BCUT2D eigenvalue weighted by Gasteiger charge is 2.49. The molecule has 1 N–H and O–H groups in total. The van der Waals surface area contributed by atoms with Crippen LogP contribution in [0, 0.1) is 6.92 Å². The molecule has 0 amide bonds. The number of cyclic esters (lactones) is 1. The van der Waals surface area contributed by atoms with Crippen LogP contribution in [0.25, 0.3) is 0 Å². The maximum Gasteiger partial charge on any atom is 0.343 e. The minimum atomic E-state index is -2.11. The number of aliphatic hydroxyl groups is 1. The third kappa shape index (κ3) is 1.96. The molecule has 8 nitrogen and oxygen atoms in total. The van der Waals surface area contributed by atoms with Crippen LogP contribution in [0.4, 0.5) is 0 Å². The van der Waals surface area contributed by atoms with Gasteiger partial charge in [0.25, 0.3) is 0 Å². The quantitative estimate of drug-likeness (QED) is 0.820. The second kappa shape index (κ2) is 4.92. The zero-order valence-corrected chi connectivity index (χ0v) is 12.2. The van der Waals surface area contributed by atoms with E-state index in [-0.39, 0.29) is 28.7 Å². The molecule has 0 aromatic carbocycles.